The molecule has 0 fully saturated rings. The minimum Gasteiger partial charge on any atom is -0.446 e. The van der Waals surface area contributed by atoms with E-state index in [0.29, 0.717) is 15.6 Å². The number of hydrogen-bond acceptors (Lipinski definition) is 3. The number of rotatable bonds is 1. The molecule has 1 aliphatic rings. The van der Waals surface area contributed by atoms with Crippen molar-refractivity contribution in [1.29, 1.82) is 0 Å². The smallest absolute Gasteiger partial charge is 0.178 e. The molecule has 2 aromatic rings. The summed E-state index contributed by atoms with van der Waals surface area (Å²) in [5.41, 5.74) is 7.03. The van der Waals surface area contributed by atoms with Crippen LogP contribution in [0.3, 0.4) is 0 Å². The van der Waals surface area contributed by atoms with Gasteiger partial charge in [0.1, 0.15) is 0 Å². The Bertz CT molecular complexity index is 563. The van der Waals surface area contributed by atoms with E-state index in [4.69, 9.17) is 21.8 Å². The molecule has 0 aromatic carbocycles. The molecule has 90 valence electrons. The molecule has 1 unspecified atom stereocenters. The highest BCUT2D eigenvalue weighted by atomic mass is 79.9. The van der Waals surface area contributed by atoms with Crippen LogP contribution < -0.4 is 5.73 Å². The quantitative estimate of drug-likeness (QED) is 0.880. The van der Waals surface area contributed by atoms with Crippen LogP contribution in [0.15, 0.2) is 21.2 Å². The Kier molecular flexibility index (Phi) is 2.77. The molecule has 6 heteroatoms. The Morgan fingerprint density at radius 3 is 3.06 bits per heavy atom. The number of imidazole rings is 1. The summed E-state index contributed by atoms with van der Waals surface area (Å²) in [4.78, 5) is 4.37. The van der Waals surface area contributed by atoms with Crippen molar-refractivity contribution >= 4 is 27.5 Å². The molecule has 4 nitrogen and oxygen atoms in total. The molecule has 2 N–H and O–H groups in total. The average molecular weight is 317 g/mol. The van der Waals surface area contributed by atoms with E-state index in [-0.39, 0.29) is 6.04 Å². The van der Waals surface area contributed by atoms with Crippen LogP contribution in [-0.2, 0) is 13.0 Å². The molecule has 3 heterocycles. The van der Waals surface area contributed by atoms with E-state index in [0.717, 1.165) is 30.9 Å². The summed E-state index contributed by atoms with van der Waals surface area (Å²) in [5, 5.41) is 0.555. The van der Waals surface area contributed by atoms with Crippen molar-refractivity contribution in [2.75, 3.05) is 0 Å². The van der Waals surface area contributed by atoms with Gasteiger partial charge < -0.3 is 14.7 Å². The van der Waals surface area contributed by atoms with Crippen LogP contribution >= 0.6 is 27.5 Å². The summed E-state index contributed by atoms with van der Waals surface area (Å²) in [6.07, 6.45) is 1.82. The van der Waals surface area contributed by atoms with Crippen molar-refractivity contribution in [2.24, 2.45) is 5.73 Å². The van der Waals surface area contributed by atoms with Gasteiger partial charge in [0.2, 0.25) is 0 Å². The zero-order valence-corrected chi connectivity index (χ0v) is 11.3. The van der Waals surface area contributed by atoms with Crippen LogP contribution in [0.1, 0.15) is 12.1 Å². The van der Waals surface area contributed by atoms with Crippen molar-refractivity contribution < 1.29 is 4.42 Å². The molecular formula is C11H11BrClN3O. The molecule has 2 aromatic heterocycles. The van der Waals surface area contributed by atoms with Crippen LogP contribution in [0.4, 0.5) is 0 Å². The second kappa shape index (κ2) is 4.15. The predicted molar refractivity (Wildman–Crippen MR) is 68.9 cm³/mol. The molecule has 1 aliphatic heterocycles. The fourth-order valence-electron chi connectivity index (χ4n) is 2.16. The van der Waals surface area contributed by atoms with E-state index in [2.05, 4.69) is 25.5 Å². The Balaban J connectivity index is 2.12. The predicted octanol–water partition coefficient (Wildman–Crippen LogP) is 2.83. The molecule has 17 heavy (non-hydrogen) atoms. The van der Waals surface area contributed by atoms with Crippen molar-refractivity contribution in [3.63, 3.8) is 0 Å². The van der Waals surface area contributed by atoms with Crippen molar-refractivity contribution in [2.45, 2.75) is 25.4 Å². The minimum absolute atomic E-state index is 0.157. The van der Waals surface area contributed by atoms with Gasteiger partial charge >= 0.3 is 0 Å². The zero-order valence-electron chi connectivity index (χ0n) is 8.99. The maximum atomic E-state index is 6.14. The van der Waals surface area contributed by atoms with Crippen molar-refractivity contribution in [1.82, 2.24) is 9.55 Å². The van der Waals surface area contributed by atoms with Gasteiger partial charge in [0.15, 0.2) is 21.4 Å². The Hall–Kier alpha value is -0.780. The number of hydrogen-bond donors (Lipinski definition) is 1. The highest BCUT2D eigenvalue weighted by molar-refractivity contribution is 9.10. The van der Waals surface area contributed by atoms with Gasteiger partial charge in [-0.3, -0.25) is 0 Å². The molecule has 1 atom stereocenters. The van der Waals surface area contributed by atoms with Gasteiger partial charge in [0.05, 0.1) is 5.69 Å². The molecular weight excluding hydrogens is 305 g/mol. The largest absolute Gasteiger partial charge is 0.446 e. The van der Waals surface area contributed by atoms with Gasteiger partial charge in [0.25, 0.3) is 0 Å². The van der Waals surface area contributed by atoms with Gasteiger partial charge in [-0.15, -0.1) is 0 Å². The van der Waals surface area contributed by atoms with E-state index in [1.165, 1.54) is 0 Å². The number of fused-ring (bicyclic) bond motifs is 1. The molecule has 3 rings (SSSR count). The second-order valence-electron chi connectivity index (χ2n) is 4.19. The molecule has 0 spiro atoms. The van der Waals surface area contributed by atoms with Crippen LogP contribution in [0.2, 0.25) is 5.15 Å². The number of halogens is 2. The van der Waals surface area contributed by atoms with Crippen molar-refractivity contribution in [3.8, 4) is 11.6 Å². The van der Waals surface area contributed by atoms with Gasteiger partial charge in [-0.2, -0.15) is 0 Å². The molecule has 0 amide bonds. The number of nitrogens with two attached hydrogens (primary N) is 1. The lowest BCUT2D eigenvalue weighted by Crippen LogP contribution is -2.32. The SMILES string of the molecule is NC1CCc2c(Cl)nc(-c3ccc(Br)o3)n2C1. The summed E-state index contributed by atoms with van der Waals surface area (Å²) in [6.45, 7) is 0.739. The lowest BCUT2D eigenvalue weighted by atomic mass is 10.1. The molecule has 0 bridgehead atoms. The van der Waals surface area contributed by atoms with Gasteiger partial charge in [-0.25, -0.2) is 4.98 Å². The summed E-state index contributed by atoms with van der Waals surface area (Å²) in [7, 11) is 0. The van der Waals surface area contributed by atoms with Gasteiger partial charge in [-0.1, -0.05) is 11.6 Å². The summed E-state index contributed by atoms with van der Waals surface area (Å²) < 4.78 is 8.26. The van der Waals surface area contributed by atoms with Gasteiger partial charge in [0, 0.05) is 12.6 Å². The van der Waals surface area contributed by atoms with E-state index in [9.17, 15) is 0 Å². The van der Waals surface area contributed by atoms with Crippen LogP contribution in [0, 0.1) is 0 Å². The first-order valence-corrected chi connectivity index (χ1v) is 6.58. The fraction of sp³-hybridized carbons (Fsp3) is 0.364. The van der Waals surface area contributed by atoms with E-state index < -0.39 is 0 Å². The number of aromatic nitrogens is 2. The van der Waals surface area contributed by atoms with Gasteiger partial charge in [-0.05, 0) is 40.9 Å². The highest BCUT2D eigenvalue weighted by Gasteiger charge is 2.24. The lowest BCUT2D eigenvalue weighted by Gasteiger charge is -2.21. The molecule has 0 radical (unpaired) electrons. The Labute approximate surface area is 112 Å². The monoisotopic (exact) mass is 315 g/mol. The number of nitrogens with zero attached hydrogens (tertiary/aromatic N) is 2. The second-order valence-corrected chi connectivity index (χ2v) is 5.33. The summed E-state index contributed by atoms with van der Waals surface area (Å²) >= 11 is 9.42. The topological polar surface area (TPSA) is 57.0 Å². The highest BCUT2D eigenvalue weighted by Crippen LogP contribution is 2.31. The standard InChI is InChI=1S/C11H11BrClN3O/c12-9-4-3-8(17-9)11-15-10(13)7-2-1-6(14)5-16(7)11/h3-4,6H,1-2,5,14H2. The van der Waals surface area contributed by atoms with Crippen LogP contribution in [-0.4, -0.2) is 15.6 Å². The Morgan fingerprint density at radius 1 is 1.53 bits per heavy atom. The third kappa shape index (κ3) is 1.92. The molecule has 0 aliphatic carbocycles. The van der Waals surface area contributed by atoms with Crippen LogP contribution in [0.25, 0.3) is 11.6 Å². The summed E-state index contributed by atoms with van der Waals surface area (Å²) in [5.74, 6) is 1.46. The first-order chi connectivity index (χ1) is 8.15. The first kappa shape index (κ1) is 11.3. The number of furan rings is 1. The Morgan fingerprint density at radius 2 is 2.35 bits per heavy atom. The average Bonchev–Trinajstić information content (AvgIpc) is 2.83. The first-order valence-electron chi connectivity index (χ1n) is 5.41. The molecule has 0 saturated carbocycles. The normalized spacial score (nSPS) is 19.4. The third-order valence-electron chi connectivity index (χ3n) is 2.99. The van der Waals surface area contributed by atoms with E-state index in [1.54, 1.807) is 0 Å². The van der Waals surface area contributed by atoms with Crippen LogP contribution in [0.5, 0.6) is 0 Å². The fourth-order valence-corrected chi connectivity index (χ4v) is 2.75. The summed E-state index contributed by atoms with van der Waals surface area (Å²) in [6, 6.07) is 3.87. The third-order valence-corrected chi connectivity index (χ3v) is 3.72. The maximum Gasteiger partial charge on any atom is 0.178 e. The lowest BCUT2D eigenvalue weighted by molar-refractivity contribution is 0.457. The molecule has 0 saturated heterocycles. The van der Waals surface area contributed by atoms with E-state index in [1.807, 2.05) is 12.1 Å². The zero-order chi connectivity index (χ0) is 12.0. The maximum absolute atomic E-state index is 6.14. The van der Waals surface area contributed by atoms with E-state index >= 15 is 0 Å². The van der Waals surface area contributed by atoms with Crippen molar-refractivity contribution in [3.05, 3.63) is 27.6 Å². The minimum atomic E-state index is 0.157.